The zero-order valence-corrected chi connectivity index (χ0v) is 12.7. The van der Waals surface area contributed by atoms with Crippen LogP contribution < -0.4 is 15.6 Å². The first-order valence-electron chi connectivity index (χ1n) is 6.96. The molecular formula is C16H13F3N2O4. The summed E-state index contributed by atoms with van der Waals surface area (Å²) in [7, 11) is 0. The third-order valence-electron chi connectivity index (χ3n) is 2.84. The van der Waals surface area contributed by atoms with E-state index in [1.807, 2.05) is 0 Å². The van der Waals surface area contributed by atoms with Gasteiger partial charge in [-0.3, -0.25) is 10.2 Å². The van der Waals surface area contributed by atoms with Crippen molar-refractivity contribution in [2.45, 2.75) is 6.36 Å². The van der Waals surface area contributed by atoms with E-state index >= 15 is 0 Å². The fraction of sp³-hybridized carbons (Fsp3) is 0.125. The van der Waals surface area contributed by atoms with Crippen molar-refractivity contribution in [3.63, 3.8) is 0 Å². The van der Waals surface area contributed by atoms with E-state index in [1.165, 1.54) is 0 Å². The topological polar surface area (TPSA) is 76.7 Å². The van der Waals surface area contributed by atoms with E-state index in [2.05, 4.69) is 15.6 Å². The molecule has 2 aromatic rings. The zero-order chi connectivity index (χ0) is 18.3. The Morgan fingerprint density at radius 3 is 2.16 bits per heavy atom. The second-order valence-electron chi connectivity index (χ2n) is 4.65. The summed E-state index contributed by atoms with van der Waals surface area (Å²) < 4.78 is 44.7. The van der Waals surface area contributed by atoms with E-state index in [0.29, 0.717) is 5.56 Å². The molecule has 0 heterocycles. The van der Waals surface area contributed by atoms with Gasteiger partial charge in [0.25, 0.3) is 5.91 Å². The Kier molecular flexibility index (Phi) is 5.96. The van der Waals surface area contributed by atoms with E-state index in [-0.39, 0.29) is 12.3 Å². The molecule has 0 saturated carbocycles. The van der Waals surface area contributed by atoms with Crippen LogP contribution in [0.3, 0.4) is 0 Å². The monoisotopic (exact) mass is 354 g/mol. The minimum atomic E-state index is -4.80. The second kappa shape index (κ2) is 8.15. The van der Waals surface area contributed by atoms with Gasteiger partial charge in [0.15, 0.2) is 6.73 Å². The van der Waals surface area contributed by atoms with Crippen LogP contribution in [0.1, 0.15) is 20.7 Å². The van der Waals surface area contributed by atoms with Crippen molar-refractivity contribution in [1.82, 2.24) is 10.9 Å². The lowest BCUT2D eigenvalue weighted by Gasteiger charge is -2.10. The summed E-state index contributed by atoms with van der Waals surface area (Å²) in [6.07, 6.45) is -4.80. The zero-order valence-electron chi connectivity index (χ0n) is 12.7. The van der Waals surface area contributed by atoms with E-state index in [0.717, 1.165) is 24.3 Å². The van der Waals surface area contributed by atoms with Crippen LogP contribution in [0.15, 0.2) is 54.6 Å². The Morgan fingerprint density at radius 2 is 1.56 bits per heavy atom. The average Bonchev–Trinajstić information content (AvgIpc) is 2.58. The predicted octanol–water partition coefficient (Wildman–Crippen LogP) is 2.63. The molecule has 0 aliphatic carbocycles. The first-order chi connectivity index (χ1) is 11.8. The fourth-order valence-electron chi connectivity index (χ4n) is 1.76. The highest BCUT2D eigenvalue weighted by Gasteiger charge is 2.31. The van der Waals surface area contributed by atoms with Crippen molar-refractivity contribution >= 4 is 11.9 Å². The first kappa shape index (κ1) is 18.3. The van der Waals surface area contributed by atoms with Gasteiger partial charge in [-0.2, -0.15) is 5.43 Å². The summed E-state index contributed by atoms with van der Waals surface area (Å²) in [5.74, 6) is -1.63. The molecule has 0 aromatic heterocycles. The molecule has 6 nitrogen and oxygen atoms in total. The minimum absolute atomic E-state index is 0.0939. The highest BCUT2D eigenvalue weighted by molar-refractivity contribution is 5.94. The third-order valence-corrected chi connectivity index (χ3v) is 2.84. The number of hydrogen-bond donors (Lipinski definition) is 2. The maximum absolute atomic E-state index is 12.0. The predicted molar refractivity (Wildman–Crippen MR) is 80.5 cm³/mol. The summed E-state index contributed by atoms with van der Waals surface area (Å²) in [4.78, 5) is 23.4. The molecule has 0 fully saturated rings. The molecule has 132 valence electrons. The maximum atomic E-state index is 12.0. The molecule has 0 unspecified atom stereocenters. The number of alkyl halides is 3. The van der Waals surface area contributed by atoms with Crippen LogP contribution in [0.2, 0.25) is 0 Å². The van der Waals surface area contributed by atoms with Crippen molar-refractivity contribution in [2.24, 2.45) is 0 Å². The Labute approximate surface area is 140 Å². The minimum Gasteiger partial charge on any atom is -0.444 e. The van der Waals surface area contributed by atoms with Crippen LogP contribution in [0, 0.1) is 0 Å². The van der Waals surface area contributed by atoms with Gasteiger partial charge in [0.2, 0.25) is 0 Å². The number of carbonyl (C=O) groups excluding carboxylic acids is 2. The van der Waals surface area contributed by atoms with Crippen LogP contribution in [0.25, 0.3) is 0 Å². The van der Waals surface area contributed by atoms with Gasteiger partial charge < -0.3 is 9.47 Å². The number of hydrogen-bond acceptors (Lipinski definition) is 5. The average molecular weight is 354 g/mol. The summed E-state index contributed by atoms with van der Waals surface area (Å²) >= 11 is 0. The highest BCUT2D eigenvalue weighted by atomic mass is 19.4. The number of ether oxygens (including phenoxy) is 2. The van der Waals surface area contributed by atoms with E-state index in [4.69, 9.17) is 4.74 Å². The molecule has 0 aliphatic rings. The molecule has 1 amide bonds. The van der Waals surface area contributed by atoms with E-state index in [9.17, 15) is 22.8 Å². The fourth-order valence-corrected chi connectivity index (χ4v) is 1.76. The Hall–Kier alpha value is -3.07. The summed E-state index contributed by atoms with van der Waals surface area (Å²) in [6, 6.07) is 12.6. The summed E-state index contributed by atoms with van der Waals surface area (Å²) in [5, 5.41) is 0. The molecule has 0 aliphatic heterocycles. The molecule has 0 atom stereocenters. The highest BCUT2D eigenvalue weighted by Crippen LogP contribution is 2.22. The van der Waals surface area contributed by atoms with Crippen molar-refractivity contribution in [3.05, 3.63) is 65.7 Å². The number of nitrogens with one attached hydrogen (secondary N) is 2. The van der Waals surface area contributed by atoms with Gasteiger partial charge in [0, 0.05) is 5.56 Å². The molecule has 2 aromatic carbocycles. The number of hydrazine groups is 1. The van der Waals surface area contributed by atoms with Crippen molar-refractivity contribution in [1.29, 1.82) is 0 Å². The quantitative estimate of drug-likeness (QED) is 0.361. The molecule has 2 N–H and O–H groups in total. The lowest BCUT2D eigenvalue weighted by atomic mass is 10.2. The Morgan fingerprint density at radius 1 is 0.920 bits per heavy atom. The van der Waals surface area contributed by atoms with Crippen molar-refractivity contribution in [2.75, 3.05) is 6.73 Å². The van der Waals surface area contributed by atoms with Crippen LogP contribution in [0.5, 0.6) is 5.75 Å². The van der Waals surface area contributed by atoms with Gasteiger partial charge in [0.1, 0.15) is 5.75 Å². The van der Waals surface area contributed by atoms with Gasteiger partial charge in [-0.15, -0.1) is 13.2 Å². The number of carbonyl (C=O) groups is 2. The molecule has 25 heavy (non-hydrogen) atoms. The van der Waals surface area contributed by atoms with Crippen molar-refractivity contribution < 1.29 is 32.2 Å². The molecule has 0 bridgehead atoms. The second-order valence-corrected chi connectivity index (χ2v) is 4.65. The van der Waals surface area contributed by atoms with Crippen LogP contribution in [0.4, 0.5) is 13.2 Å². The van der Waals surface area contributed by atoms with Gasteiger partial charge in [-0.05, 0) is 36.4 Å². The first-order valence-corrected chi connectivity index (χ1v) is 6.96. The standard InChI is InChI=1S/C16H13F3N2O4/c17-16(18,19)25-13-8-6-11(7-9-13)14(22)21-20-10-24-15(23)12-4-2-1-3-5-12/h1-9,20H,10H2,(H,21,22). The van der Waals surface area contributed by atoms with Crippen LogP contribution >= 0.6 is 0 Å². The molecule has 0 spiro atoms. The lowest BCUT2D eigenvalue weighted by molar-refractivity contribution is -0.274. The number of amides is 1. The normalized spacial score (nSPS) is 10.8. The van der Waals surface area contributed by atoms with Crippen LogP contribution in [-0.4, -0.2) is 25.0 Å². The Bertz CT molecular complexity index is 718. The van der Waals surface area contributed by atoms with Gasteiger partial charge in [0.05, 0.1) is 5.56 Å². The number of halogens is 3. The lowest BCUT2D eigenvalue weighted by Crippen LogP contribution is -2.39. The van der Waals surface area contributed by atoms with E-state index in [1.54, 1.807) is 30.3 Å². The molecule has 0 radical (unpaired) electrons. The molecular weight excluding hydrogens is 341 g/mol. The maximum Gasteiger partial charge on any atom is 0.573 e. The molecule has 0 saturated heterocycles. The van der Waals surface area contributed by atoms with Gasteiger partial charge >= 0.3 is 12.3 Å². The van der Waals surface area contributed by atoms with E-state index < -0.39 is 24.0 Å². The number of esters is 1. The van der Waals surface area contributed by atoms with Crippen molar-refractivity contribution in [3.8, 4) is 5.75 Å². The largest absolute Gasteiger partial charge is 0.573 e. The molecule has 2 rings (SSSR count). The summed E-state index contributed by atoms with van der Waals surface area (Å²) in [5.41, 5.74) is 5.08. The van der Waals surface area contributed by atoms with Gasteiger partial charge in [-0.25, -0.2) is 4.79 Å². The van der Waals surface area contributed by atoms with Crippen LogP contribution in [-0.2, 0) is 4.74 Å². The van der Waals surface area contributed by atoms with Gasteiger partial charge in [-0.1, -0.05) is 18.2 Å². The number of rotatable bonds is 6. The SMILES string of the molecule is O=C(NNCOC(=O)c1ccccc1)c1ccc(OC(F)(F)F)cc1. The molecule has 9 heteroatoms. The number of benzene rings is 2. The Balaban J connectivity index is 1.76. The third kappa shape index (κ3) is 6.15. The summed E-state index contributed by atoms with van der Waals surface area (Å²) in [6.45, 7) is -0.283. The smallest absolute Gasteiger partial charge is 0.444 e.